The molecule has 4 saturated carbocycles. The highest BCUT2D eigenvalue weighted by molar-refractivity contribution is 5.63. The molecule has 0 unspecified atom stereocenters. The number of phenols is 1. The van der Waals surface area contributed by atoms with E-state index < -0.39 is 0 Å². The Bertz CT molecular complexity index is 701. The minimum absolute atomic E-state index is 0.226. The van der Waals surface area contributed by atoms with Gasteiger partial charge in [-0.15, -0.1) is 0 Å². The summed E-state index contributed by atoms with van der Waals surface area (Å²) >= 11 is 0. The SMILES string of the molecule is Oc1ccc(-c2ccccn2)cc1C12CC3CC(CC(C3)C1)C2. The first-order valence-electron chi connectivity index (χ1n) is 8.97. The lowest BCUT2D eigenvalue weighted by Gasteiger charge is -2.57. The van der Waals surface area contributed by atoms with Crippen molar-refractivity contribution in [2.75, 3.05) is 0 Å². The van der Waals surface area contributed by atoms with E-state index in [1.54, 1.807) is 0 Å². The number of hydrogen-bond donors (Lipinski definition) is 1. The maximum Gasteiger partial charge on any atom is 0.119 e. The zero-order valence-corrected chi connectivity index (χ0v) is 13.4. The third kappa shape index (κ3) is 2.11. The second-order valence-electron chi connectivity index (χ2n) is 8.14. The van der Waals surface area contributed by atoms with Gasteiger partial charge in [-0.2, -0.15) is 0 Å². The Hall–Kier alpha value is -1.83. The molecule has 0 saturated heterocycles. The molecule has 0 radical (unpaired) electrons. The minimum Gasteiger partial charge on any atom is -0.508 e. The van der Waals surface area contributed by atoms with Crippen molar-refractivity contribution in [3.63, 3.8) is 0 Å². The van der Waals surface area contributed by atoms with Gasteiger partial charge in [0.2, 0.25) is 0 Å². The molecule has 4 bridgehead atoms. The standard InChI is InChI=1S/C21H23NO/c23-20-5-4-17(19-3-1-2-6-22-19)10-18(20)21-11-14-7-15(12-21)9-16(8-14)13-21/h1-6,10,14-16,23H,7-9,11-13H2. The monoisotopic (exact) mass is 305 g/mol. The molecule has 23 heavy (non-hydrogen) atoms. The first kappa shape index (κ1) is 13.6. The third-order valence-electron chi connectivity index (χ3n) is 6.57. The van der Waals surface area contributed by atoms with Crippen molar-refractivity contribution in [3.05, 3.63) is 48.2 Å². The lowest BCUT2D eigenvalue weighted by molar-refractivity contribution is -0.00611. The Balaban J connectivity index is 1.60. The van der Waals surface area contributed by atoms with Gasteiger partial charge in [-0.25, -0.2) is 0 Å². The zero-order valence-electron chi connectivity index (χ0n) is 13.4. The van der Waals surface area contributed by atoms with Crippen molar-refractivity contribution >= 4 is 0 Å². The van der Waals surface area contributed by atoms with Gasteiger partial charge in [-0.05, 0) is 92.0 Å². The Labute approximate surface area is 137 Å². The number of phenolic OH excluding ortho intramolecular Hbond substituents is 1. The van der Waals surface area contributed by atoms with E-state index in [1.807, 2.05) is 30.5 Å². The quantitative estimate of drug-likeness (QED) is 0.854. The van der Waals surface area contributed by atoms with Crippen LogP contribution < -0.4 is 0 Å². The highest BCUT2D eigenvalue weighted by Gasteiger charge is 2.52. The molecule has 2 nitrogen and oxygen atoms in total. The van der Waals surface area contributed by atoms with E-state index in [9.17, 15) is 5.11 Å². The molecule has 0 aliphatic heterocycles. The van der Waals surface area contributed by atoms with Crippen molar-refractivity contribution in [3.8, 4) is 17.0 Å². The highest BCUT2D eigenvalue weighted by atomic mass is 16.3. The van der Waals surface area contributed by atoms with Gasteiger partial charge in [0.15, 0.2) is 0 Å². The molecule has 0 spiro atoms. The number of benzene rings is 1. The molecule has 2 aromatic rings. The van der Waals surface area contributed by atoms with Crippen LogP contribution in [-0.2, 0) is 5.41 Å². The summed E-state index contributed by atoms with van der Waals surface area (Å²) in [6.45, 7) is 0. The van der Waals surface area contributed by atoms with Crippen molar-refractivity contribution in [1.29, 1.82) is 0 Å². The largest absolute Gasteiger partial charge is 0.508 e. The lowest BCUT2D eigenvalue weighted by atomic mass is 9.48. The van der Waals surface area contributed by atoms with Gasteiger partial charge in [0.05, 0.1) is 5.69 Å². The van der Waals surface area contributed by atoms with E-state index in [-0.39, 0.29) is 5.41 Å². The summed E-state index contributed by atoms with van der Waals surface area (Å²) in [4.78, 5) is 4.48. The summed E-state index contributed by atoms with van der Waals surface area (Å²) in [5.74, 6) is 3.16. The van der Waals surface area contributed by atoms with Gasteiger partial charge in [-0.1, -0.05) is 6.07 Å². The highest BCUT2D eigenvalue weighted by Crippen LogP contribution is 2.62. The van der Waals surface area contributed by atoms with Gasteiger partial charge < -0.3 is 5.11 Å². The molecule has 1 N–H and O–H groups in total. The molecule has 6 rings (SSSR count). The number of aromatic hydroxyl groups is 1. The molecule has 4 aliphatic rings. The zero-order chi connectivity index (χ0) is 15.4. The fraction of sp³-hybridized carbons (Fsp3) is 0.476. The van der Waals surface area contributed by atoms with Crippen LogP contribution in [0, 0.1) is 17.8 Å². The summed E-state index contributed by atoms with van der Waals surface area (Å²) in [5.41, 5.74) is 3.55. The average Bonchev–Trinajstić information content (AvgIpc) is 2.55. The van der Waals surface area contributed by atoms with E-state index in [2.05, 4.69) is 17.1 Å². The van der Waals surface area contributed by atoms with Gasteiger partial charge in [0, 0.05) is 17.3 Å². The van der Waals surface area contributed by atoms with E-state index in [0.29, 0.717) is 5.75 Å². The van der Waals surface area contributed by atoms with Crippen molar-refractivity contribution in [1.82, 2.24) is 4.98 Å². The maximum atomic E-state index is 10.6. The van der Waals surface area contributed by atoms with Gasteiger partial charge in [0.1, 0.15) is 5.75 Å². The normalized spacial score (nSPS) is 34.7. The molecule has 4 fully saturated rings. The summed E-state index contributed by atoms with van der Waals surface area (Å²) in [6.07, 6.45) is 9.96. The Kier molecular flexibility index (Phi) is 2.86. The van der Waals surface area contributed by atoms with Crippen LogP contribution in [0.1, 0.15) is 44.1 Å². The molecule has 1 heterocycles. The van der Waals surface area contributed by atoms with Crippen LogP contribution in [0.2, 0.25) is 0 Å². The molecule has 1 aromatic carbocycles. The number of aromatic nitrogens is 1. The molecule has 1 aromatic heterocycles. The molecule has 0 atom stereocenters. The second-order valence-corrected chi connectivity index (χ2v) is 8.14. The Morgan fingerprint density at radius 2 is 1.61 bits per heavy atom. The smallest absolute Gasteiger partial charge is 0.119 e. The average molecular weight is 305 g/mol. The number of hydrogen-bond acceptors (Lipinski definition) is 2. The van der Waals surface area contributed by atoms with Crippen LogP contribution in [0.15, 0.2) is 42.6 Å². The van der Waals surface area contributed by atoms with E-state index in [4.69, 9.17) is 0 Å². The van der Waals surface area contributed by atoms with Crippen LogP contribution in [0.3, 0.4) is 0 Å². The van der Waals surface area contributed by atoms with E-state index in [1.165, 1.54) is 44.1 Å². The van der Waals surface area contributed by atoms with Gasteiger partial charge >= 0.3 is 0 Å². The summed E-state index contributed by atoms with van der Waals surface area (Å²) in [6, 6.07) is 12.1. The summed E-state index contributed by atoms with van der Waals surface area (Å²) in [5, 5.41) is 10.6. The van der Waals surface area contributed by atoms with Crippen LogP contribution in [-0.4, -0.2) is 10.1 Å². The van der Waals surface area contributed by atoms with Crippen molar-refractivity contribution in [2.45, 2.75) is 43.9 Å². The van der Waals surface area contributed by atoms with Crippen LogP contribution in [0.25, 0.3) is 11.3 Å². The second kappa shape index (κ2) is 4.83. The molecule has 4 aliphatic carbocycles. The molecule has 118 valence electrons. The predicted molar refractivity (Wildman–Crippen MR) is 91.2 cm³/mol. The van der Waals surface area contributed by atoms with Gasteiger partial charge in [0.25, 0.3) is 0 Å². The van der Waals surface area contributed by atoms with Crippen LogP contribution in [0.5, 0.6) is 5.75 Å². The first-order chi connectivity index (χ1) is 11.2. The Morgan fingerprint density at radius 3 is 2.22 bits per heavy atom. The first-order valence-corrected chi connectivity index (χ1v) is 8.97. The Morgan fingerprint density at radius 1 is 0.913 bits per heavy atom. The summed E-state index contributed by atoms with van der Waals surface area (Å²) < 4.78 is 0. The van der Waals surface area contributed by atoms with Crippen molar-refractivity contribution in [2.24, 2.45) is 17.8 Å². The number of nitrogens with zero attached hydrogens (tertiary/aromatic N) is 1. The lowest BCUT2D eigenvalue weighted by Crippen LogP contribution is -2.48. The van der Waals surface area contributed by atoms with E-state index >= 15 is 0 Å². The third-order valence-corrected chi connectivity index (χ3v) is 6.57. The molecule has 0 amide bonds. The molecular formula is C21H23NO. The topological polar surface area (TPSA) is 33.1 Å². The molecule has 2 heteroatoms. The fourth-order valence-corrected chi connectivity index (χ4v) is 6.09. The summed E-state index contributed by atoms with van der Waals surface area (Å²) in [7, 11) is 0. The minimum atomic E-state index is 0.226. The number of pyridine rings is 1. The van der Waals surface area contributed by atoms with Crippen LogP contribution >= 0.6 is 0 Å². The maximum absolute atomic E-state index is 10.6. The van der Waals surface area contributed by atoms with Crippen molar-refractivity contribution < 1.29 is 5.11 Å². The molecular weight excluding hydrogens is 282 g/mol. The number of rotatable bonds is 2. The van der Waals surface area contributed by atoms with Gasteiger partial charge in [-0.3, -0.25) is 4.98 Å². The van der Waals surface area contributed by atoms with E-state index in [0.717, 1.165) is 29.0 Å². The van der Waals surface area contributed by atoms with Crippen LogP contribution in [0.4, 0.5) is 0 Å². The fourth-order valence-electron chi connectivity index (χ4n) is 6.09. The predicted octanol–water partition coefficient (Wildman–Crippen LogP) is 4.92.